The van der Waals surface area contributed by atoms with Crippen molar-refractivity contribution >= 4 is 11.0 Å². The number of para-hydroxylation sites is 2. The predicted octanol–water partition coefficient (Wildman–Crippen LogP) is 5.03. The molecule has 1 fully saturated rings. The molecule has 1 unspecified atom stereocenters. The Morgan fingerprint density at radius 3 is 2.63 bits per heavy atom. The topological polar surface area (TPSA) is 78.5 Å². The Morgan fingerprint density at radius 2 is 1.77 bits per heavy atom. The van der Waals surface area contributed by atoms with Crippen LogP contribution in [0.2, 0.25) is 0 Å². The second-order valence-electron chi connectivity index (χ2n) is 10.3. The average molecular weight is 467 g/mol. The van der Waals surface area contributed by atoms with Gasteiger partial charge in [-0.25, -0.2) is 4.98 Å². The molecule has 3 heterocycles. The van der Waals surface area contributed by atoms with Crippen molar-refractivity contribution in [3.8, 4) is 0 Å². The van der Waals surface area contributed by atoms with Crippen LogP contribution < -0.4 is 10.6 Å². The summed E-state index contributed by atoms with van der Waals surface area (Å²) in [6, 6.07) is 19.6. The number of hydrogen-bond acceptors (Lipinski definition) is 5. The summed E-state index contributed by atoms with van der Waals surface area (Å²) in [5.41, 5.74) is 5.93. The first-order chi connectivity index (χ1) is 17.3. The molecule has 0 bridgehead atoms. The van der Waals surface area contributed by atoms with Gasteiger partial charge in [-0.3, -0.25) is 9.97 Å². The lowest BCUT2D eigenvalue weighted by atomic mass is 9.75. The Balaban J connectivity index is 1.21. The Hall–Kier alpha value is -3.09. The van der Waals surface area contributed by atoms with E-state index in [1.54, 1.807) is 0 Å². The van der Waals surface area contributed by atoms with E-state index >= 15 is 0 Å². The molecule has 6 rings (SSSR count). The molecule has 35 heavy (non-hydrogen) atoms. The van der Waals surface area contributed by atoms with Crippen LogP contribution in [-0.2, 0) is 19.4 Å². The van der Waals surface area contributed by atoms with Crippen LogP contribution in [0.25, 0.3) is 11.0 Å². The largest absolute Gasteiger partial charge is 0.342 e. The van der Waals surface area contributed by atoms with E-state index in [4.69, 9.17) is 9.97 Å². The fraction of sp³-hybridized carbons (Fsp3) is 0.414. The Bertz CT molecular complexity index is 1230. The van der Waals surface area contributed by atoms with E-state index < -0.39 is 0 Å². The summed E-state index contributed by atoms with van der Waals surface area (Å²) in [6.07, 6.45) is 12.7. The number of benzene rings is 1. The second kappa shape index (κ2) is 9.88. The number of imidazole rings is 1. The Morgan fingerprint density at radius 1 is 0.914 bits per heavy atom. The third-order valence-electron chi connectivity index (χ3n) is 7.86. The van der Waals surface area contributed by atoms with Crippen LogP contribution in [0.15, 0.2) is 67.0 Å². The number of rotatable bonds is 7. The first-order valence-electron chi connectivity index (χ1n) is 13.0. The van der Waals surface area contributed by atoms with Gasteiger partial charge in [0.15, 0.2) is 0 Å². The summed E-state index contributed by atoms with van der Waals surface area (Å²) >= 11 is 0. The van der Waals surface area contributed by atoms with Crippen LogP contribution in [0.4, 0.5) is 0 Å². The van der Waals surface area contributed by atoms with Gasteiger partial charge in [0.25, 0.3) is 0 Å². The molecular formula is C29H34N6. The summed E-state index contributed by atoms with van der Waals surface area (Å²) in [4.78, 5) is 17.8. The first-order valence-corrected chi connectivity index (χ1v) is 13.0. The molecule has 0 spiro atoms. The van der Waals surface area contributed by atoms with Gasteiger partial charge in [-0.05, 0) is 80.8 Å². The van der Waals surface area contributed by atoms with Crippen LogP contribution in [0, 0.1) is 0 Å². The zero-order valence-electron chi connectivity index (χ0n) is 20.2. The summed E-state index contributed by atoms with van der Waals surface area (Å²) in [6.45, 7) is 0.829. The van der Waals surface area contributed by atoms with E-state index in [-0.39, 0.29) is 5.54 Å². The van der Waals surface area contributed by atoms with Crippen molar-refractivity contribution in [3.05, 3.63) is 89.8 Å². The first kappa shape index (κ1) is 22.4. The molecule has 3 aromatic heterocycles. The highest BCUT2D eigenvalue weighted by Crippen LogP contribution is 2.37. The highest BCUT2D eigenvalue weighted by atomic mass is 15.1. The van der Waals surface area contributed by atoms with E-state index in [0.29, 0.717) is 12.1 Å². The number of aromatic amines is 1. The molecule has 2 aliphatic rings. The maximum Gasteiger partial charge on any atom is 0.109 e. The predicted molar refractivity (Wildman–Crippen MR) is 139 cm³/mol. The molecule has 1 saturated carbocycles. The van der Waals surface area contributed by atoms with Crippen molar-refractivity contribution in [2.24, 2.45) is 0 Å². The Labute approximate surface area is 207 Å². The lowest BCUT2D eigenvalue weighted by Crippen LogP contribution is -2.54. The van der Waals surface area contributed by atoms with Gasteiger partial charge in [-0.15, -0.1) is 0 Å². The van der Waals surface area contributed by atoms with Gasteiger partial charge < -0.3 is 15.6 Å². The van der Waals surface area contributed by atoms with Crippen molar-refractivity contribution in [1.82, 2.24) is 30.6 Å². The van der Waals surface area contributed by atoms with Gasteiger partial charge in [-0.1, -0.05) is 24.3 Å². The third kappa shape index (κ3) is 5.00. The smallest absolute Gasteiger partial charge is 0.109 e. The lowest BCUT2D eigenvalue weighted by molar-refractivity contribution is 0.170. The maximum absolute atomic E-state index is 4.95. The van der Waals surface area contributed by atoms with Crippen LogP contribution >= 0.6 is 0 Å². The molecule has 0 saturated heterocycles. The highest BCUT2D eigenvalue weighted by molar-refractivity contribution is 5.74. The summed E-state index contributed by atoms with van der Waals surface area (Å²) in [7, 11) is 0. The maximum atomic E-state index is 4.95. The number of aryl methyl sites for hydroxylation is 1. The van der Waals surface area contributed by atoms with Crippen molar-refractivity contribution in [1.29, 1.82) is 0 Å². The van der Waals surface area contributed by atoms with E-state index in [2.05, 4.69) is 69.1 Å². The van der Waals surface area contributed by atoms with Gasteiger partial charge in [0.05, 0.1) is 28.5 Å². The molecule has 0 radical (unpaired) electrons. The average Bonchev–Trinajstić information content (AvgIpc) is 3.31. The van der Waals surface area contributed by atoms with Gasteiger partial charge in [0, 0.05) is 36.9 Å². The molecule has 180 valence electrons. The van der Waals surface area contributed by atoms with E-state index in [0.717, 1.165) is 74.0 Å². The number of aromatic nitrogens is 4. The molecule has 3 N–H and O–H groups in total. The van der Waals surface area contributed by atoms with Crippen molar-refractivity contribution in [3.63, 3.8) is 0 Å². The second-order valence-corrected chi connectivity index (χ2v) is 10.3. The molecule has 0 aliphatic heterocycles. The number of nitrogens with one attached hydrogen (secondary N) is 3. The molecule has 1 atom stereocenters. The van der Waals surface area contributed by atoms with Gasteiger partial charge >= 0.3 is 0 Å². The molecule has 1 aromatic carbocycles. The normalized spacial score (nSPS) is 24.3. The number of fused-ring (bicyclic) bond motifs is 2. The van der Waals surface area contributed by atoms with Crippen molar-refractivity contribution < 1.29 is 0 Å². The minimum atomic E-state index is 0.00779. The molecule has 4 aromatic rings. The number of pyridine rings is 2. The lowest BCUT2D eigenvalue weighted by Gasteiger charge is -2.44. The van der Waals surface area contributed by atoms with Gasteiger partial charge in [0.1, 0.15) is 5.82 Å². The summed E-state index contributed by atoms with van der Waals surface area (Å²) in [5, 5.41) is 7.91. The quantitative estimate of drug-likeness (QED) is 0.356. The number of H-pyrrole nitrogens is 1. The number of nitrogens with zero attached hydrogens (tertiary/aromatic N) is 3. The minimum absolute atomic E-state index is 0.00779. The summed E-state index contributed by atoms with van der Waals surface area (Å²) < 4.78 is 0. The molecule has 2 aliphatic carbocycles. The monoisotopic (exact) mass is 466 g/mol. The van der Waals surface area contributed by atoms with E-state index in [9.17, 15) is 0 Å². The van der Waals surface area contributed by atoms with Crippen LogP contribution in [0.3, 0.4) is 0 Å². The molecular weight excluding hydrogens is 432 g/mol. The fourth-order valence-electron chi connectivity index (χ4n) is 6.03. The van der Waals surface area contributed by atoms with Crippen LogP contribution in [0.1, 0.15) is 67.3 Å². The van der Waals surface area contributed by atoms with E-state index in [1.165, 1.54) is 17.7 Å². The van der Waals surface area contributed by atoms with Crippen LogP contribution in [0.5, 0.6) is 0 Å². The van der Waals surface area contributed by atoms with Crippen molar-refractivity contribution in [2.45, 2.75) is 75.5 Å². The molecule has 0 amide bonds. The standard InChI is InChI=1S/C29H34N6/c1-2-11-25-24(10-1)33-27(34-25)19-29(35-26-12-5-7-21-8-6-18-31-28(21)26)15-13-22(14-16-29)32-20-23-9-3-4-17-30-23/h1-4,6,8-11,17-18,22,26,32,35H,5,7,12-16,19-20H2,(H,33,34). The summed E-state index contributed by atoms with van der Waals surface area (Å²) in [5.74, 6) is 1.08. The zero-order chi connectivity index (χ0) is 23.5. The minimum Gasteiger partial charge on any atom is -0.342 e. The molecule has 6 nitrogen and oxygen atoms in total. The zero-order valence-corrected chi connectivity index (χ0v) is 20.2. The third-order valence-corrected chi connectivity index (χ3v) is 7.86. The van der Waals surface area contributed by atoms with Crippen LogP contribution in [-0.4, -0.2) is 31.5 Å². The fourth-order valence-corrected chi connectivity index (χ4v) is 6.03. The molecule has 6 heteroatoms. The van der Waals surface area contributed by atoms with Crippen molar-refractivity contribution in [2.75, 3.05) is 0 Å². The van der Waals surface area contributed by atoms with Gasteiger partial charge in [0.2, 0.25) is 0 Å². The number of hydrogen-bond donors (Lipinski definition) is 3. The SMILES string of the molecule is c1ccc(CNC2CCC(Cc3nc4ccccc4[nH]3)(NC3CCCc4cccnc43)CC2)nc1. The van der Waals surface area contributed by atoms with Gasteiger partial charge in [-0.2, -0.15) is 0 Å². The van der Waals surface area contributed by atoms with E-state index in [1.807, 2.05) is 18.5 Å². The Kier molecular flexibility index (Phi) is 6.32. The highest BCUT2D eigenvalue weighted by Gasteiger charge is 2.39.